The second-order valence-electron chi connectivity index (χ2n) is 13.3. The van der Waals surface area contributed by atoms with Crippen LogP contribution in [0.1, 0.15) is 32.8 Å². The first-order chi connectivity index (χ1) is 24.7. The average molecular weight is 790 g/mol. The number of carbonyl (C=O) groups is 6. The lowest BCUT2D eigenvalue weighted by molar-refractivity contribution is -0.146. The molecule has 53 heavy (non-hydrogen) atoms. The minimum atomic E-state index is -4.85. The highest BCUT2D eigenvalue weighted by atomic mass is 32.2. The second-order valence-corrected chi connectivity index (χ2v) is 16.2. The number of ether oxygens (including phenoxy) is 1. The van der Waals surface area contributed by atoms with Crippen LogP contribution in [-0.4, -0.2) is 177 Å². The molecule has 1 saturated heterocycles. The number of nitrogens with zero attached hydrogens (tertiary/aromatic N) is 4. The van der Waals surface area contributed by atoms with Crippen molar-refractivity contribution >= 4 is 55.2 Å². The van der Waals surface area contributed by atoms with E-state index in [2.05, 4.69) is 5.32 Å². The molecule has 1 aromatic carbocycles. The molecule has 1 fully saturated rings. The summed E-state index contributed by atoms with van der Waals surface area (Å²) in [7, 11) is -9.55. The molecule has 3 N–H and O–H groups in total. The van der Waals surface area contributed by atoms with E-state index in [1.165, 1.54) is 13.8 Å². The number of ketones is 4. The van der Waals surface area contributed by atoms with Gasteiger partial charge in [-0.1, -0.05) is 30.3 Å². The fourth-order valence-electron chi connectivity index (χ4n) is 5.64. The first-order valence-electron chi connectivity index (χ1n) is 17.0. The molecule has 0 aromatic heterocycles. The van der Waals surface area contributed by atoms with E-state index in [1.54, 1.807) is 4.90 Å². The van der Waals surface area contributed by atoms with Gasteiger partial charge in [0, 0.05) is 64.7 Å². The summed E-state index contributed by atoms with van der Waals surface area (Å²) in [6.45, 7) is 6.20. The number of carbonyl (C=O) groups excluding carboxylic acids is 6. The van der Waals surface area contributed by atoms with Crippen LogP contribution in [0.5, 0.6) is 0 Å². The van der Waals surface area contributed by atoms with Gasteiger partial charge < -0.3 is 10.1 Å². The Morgan fingerprint density at radius 2 is 1.11 bits per heavy atom. The van der Waals surface area contributed by atoms with Crippen molar-refractivity contribution in [3.05, 3.63) is 35.9 Å². The van der Waals surface area contributed by atoms with Gasteiger partial charge in [-0.05, 0) is 26.3 Å². The maximum Gasteiger partial charge on any atom is 0.320 e. The van der Waals surface area contributed by atoms with Gasteiger partial charge in [0.1, 0.15) is 35.8 Å². The predicted octanol–water partition coefficient (Wildman–Crippen LogP) is -1.45. The van der Waals surface area contributed by atoms with Crippen LogP contribution in [0.25, 0.3) is 0 Å². The number of hydrogen-bond donors (Lipinski definition) is 3. The summed E-state index contributed by atoms with van der Waals surface area (Å²) < 4.78 is 70.5. The molecule has 0 saturated carbocycles. The quantitative estimate of drug-likeness (QED) is 0.107. The third-order valence-electron chi connectivity index (χ3n) is 8.32. The number of rotatable bonds is 19. The number of esters is 1. The van der Waals surface area contributed by atoms with E-state index in [1.807, 2.05) is 45.0 Å². The Kier molecular flexibility index (Phi) is 19.0. The first kappa shape index (κ1) is 45.7. The number of hydrogen-bond acceptors (Lipinski definition) is 15. The van der Waals surface area contributed by atoms with Crippen molar-refractivity contribution < 1.29 is 59.4 Å². The lowest BCUT2D eigenvalue weighted by atomic mass is 9.97. The van der Waals surface area contributed by atoms with Gasteiger partial charge in [0.15, 0.2) is 5.78 Å². The monoisotopic (exact) mass is 789 g/mol. The Bertz CT molecular complexity index is 1640. The normalized spacial score (nSPS) is 17.5. The lowest BCUT2D eigenvalue weighted by Crippen LogP contribution is -2.52. The Balaban J connectivity index is 2.28. The summed E-state index contributed by atoms with van der Waals surface area (Å²) in [5.41, 5.74) is 0.801. The summed E-state index contributed by atoms with van der Waals surface area (Å²) in [6.07, 6.45) is -0.838. The Morgan fingerprint density at radius 3 is 1.53 bits per heavy atom. The summed E-state index contributed by atoms with van der Waals surface area (Å²) in [6, 6.07) is 7.25. The fraction of sp³-hybridized carbons (Fsp3) is 0.636. The van der Waals surface area contributed by atoms with E-state index in [4.69, 9.17) is 4.74 Å². The van der Waals surface area contributed by atoms with Gasteiger partial charge >= 0.3 is 5.97 Å². The summed E-state index contributed by atoms with van der Waals surface area (Å²) >= 11 is 0. The zero-order valence-electron chi connectivity index (χ0n) is 30.3. The molecular formula is C33H51N5O13S2. The van der Waals surface area contributed by atoms with E-state index in [0.29, 0.717) is 32.7 Å². The molecule has 1 aliphatic rings. The molecule has 20 heteroatoms. The van der Waals surface area contributed by atoms with Crippen molar-refractivity contribution in [1.82, 2.24) is 24.9 Å². The number of nitrogens with one attached hydrogen (secondary N) is 1. The number of benzene rings is 1. The molecule has 1 heterocycles. The van der Waals surface area contributed by atoms with Crippen LogP contribution in [0.2, 0.25) is 0 Å². The highest BCUT2D eigenvalue weighted by Crippen LogP contribution is 2.12. The predicted molar refractivity (Wildman–Crippen MR) is 192 cm³/mol. The topological polar surface area (TPSA) is 245 Å². The Morgan fingerprint density at radius 1 is 0.679 bits per heavy atom. The number of Topliss-reactive ketones (excluding diaryl/α,β-unsaturated/α-hetero) is 4. The summed E-state index contributed by atoms with van der Waals surface area (Å²) in [5, 5.41) is 2.27. The van der Waals surface area contributed by atoms with Gasteiger partial charge in [-0.2, -0.15) is 16.8 Å². The van der Waals surface area contributed by atoms with Gasteiger partial charge in [-0.25, -0.2) is 0 Å². The van der Waals surface area contributed by atoms with Gasteiger partial charge in [-0.15, -0.1) is 0 Å². The van der Waals surface area contributed by atoms with E-state index < -0.39 is 80.1 Å². The fourth-order valence-corrected chi connectivity index (χ4v) is 7.19. The molecule has 0 bridgehead atoms. The first-order valence-corrected chi connectivity index (χ1v) is 20.2. The van der Waals surface area contributed by atoms with Crippen molar-refractivity contribution in [1.29, 1.82) is 0 Å². The highest BCUT2D eigenvalue weighted by Gasteiger charge is 2.32. The molecule has 298 valence electrons. The Labute approximate surface area is 310 Å². The van der Waals surface area contributed by atoms with E-state index in [9.17, 15) is 54.7 Å². The van der Waals surface area contributed by atoms with Gasteiger partial charge in [0.25, 0.3) is 20.2 Å². The van der Waals surface area contributed by atoms with Crippen molar-refractivity contribution in [2.24, 2.45) is 5.92 Å². The SMILES string of the molecule is CC(=O)CN1CCN(CC(C)=O)CCN(CC(=O)OCc2ccccc2)CCN(CC(=O)N[C@@H](CS(=O)(=O)O)C(=O)C[C@@H](CS(=O)(=O)O)C(C)=O)CC1. The van der Waals surface area contributed by atoms with Crippen LogP contribution in [0.4, 0.5) is 0 Å². The van der Waals surface area contributed by atoms with Crippen molar-refractivity contribution in [3.8, 4) is 0 Å². The maximum atomic E-state index is 13.3. The van der Waals surface area contributed by atoms with E-state index in [0.717, 1.165) is 12.5 Å². The third-order valence-corrected chi connectivity index (χ3v) is 9.90. The minimum absolute atomic E-state index is 0.0535. The molecule has 18 nitrogen and oxygen atoms in total. The Hall–Kier alpha value is -3.50. The summed E-state index contributed by atoms with van der Waals surface area (Å²) in [4.78, 5) is 82.7. The van der Waals surface area contributed by atoms with E-state index >= 15 is 0 Å². The van der Waals surface area contributed by atoms with Gasteiger partial charge in [0.05, 0.1) is 31.9 Å². The highest BCUT2D eigenvalue weighted by molar-refractivity contribution is 7.86. The van der Waals surface area contributed by atoms with Gasteiger partial charge in [0.2, 0.25) is 5.91 Å². The average Bonchev–Trinajstić information content (AvgIpc) is 3.03. The van der Waals surface area contributed by atoms with Crippen LogP contribution >= 0.6 is 0 Å². The van der Waals surface area contributed by atoms with Crippen molar-refractivity contribution in [3.63, 3.8) is 0 Å². The van der Waals surface area contributed by atoms with Crippen LogP contribution < -0.4 is 5.32 Å². The van der Waals surface area contributed by atoms with Crippen molar-refractivity contribution in [2.45, 2.75) is 39.8 Å². The third kappa shape index (κ3) is 20.5. The largest absolute Gasteiger partial charge is 0.460 e. The molecule has 0 aliphatic carbocycles. The standard InChI is InChI=1S/C33H51N5O13S2/c1-25(39)18-35-9-10-36(19-26(2)40)12-15-38(21-33(44)51-22-28-7-5-4-6-8-28)16-14-37(13-11-35)20-32(43)34-30(24-53(48,49)50)31(42)17-29(27(3)41)23-52(45,46)47/h4-8,29-30H,9-24H2,1-3H3,(H,34,43)(H,45,46,47)(H,48,49,50)/t29-,30-/m0/s1. The zero-order valence-corrected chi connectivity index (χ0v) is 32.0. The van der Waals surface area contributed by atoms with Crippen LogP contribution in [0.15, 0.2) is 30.3 Å². The molecule has 0 radical (unpaired) electrons. The maximum absolute atomic E-state index is 13.3. The van der Waals surface area contributed by atoms with E-state index in [-0.39, 0.29) is 57.4 Å². The molecule has 0 spiro atoms. The zero-order chi connectivity index (χ0) is 39.8. The van der Waals surface area contributed by atoms with Gasteiger partial charge in [-0.3, -0.25) is 57.5 Å². The lowest BCUT2D eigenvalue weighted by Gasteiger charge is -2.33. The molecular weight excluding hydrogens is 739 g/mol. The van der Waals surface area contributed by atoms with Crippen molar-refractivity contribution in [2.75, 3.05) is 90.0 Å². The summed E-state index contributed by atoms with van der Waals surface area (Å²) in [5.74, 6) is -7.22. The van der Waals surface area contributed by atoms with Crippen LogP contribution in [0.3, 0.4) is 0 Å². The molecule has 1 aliphatic heterocycles. The molecule has 0 unspecified atom stereocenters. The number of amides is 1. The molecule has 2 atom stereocenters. The molecule has 1 aromatic rings. The van der Waals surface area contributed by atoms with Crippen LogP contribution in [-0.2, 0) is 60.3 Å². The minimum Gasteiger partial charge on any atom is -0.460 e. The second kappa shape index (κ2) is 22.0. The molecule has 2 rings (SSSR count). The van der Waals surface area contributed by atoms with Crippen LogP contribution in [0, 0.1) is 5.92 Å². The smallest absolute Gasteiger partial charge is 0.320 e. The molecule has 1 amide bonds.